The lowest BCUT2D eigenvalue weighted by Gasteiger charge is -2.36. The van der Waals surface area contributed by atoms with Gasteiger partial charge in [-0.3, -0.25) is 4.79 Å². The number of nitrogens with zero attached hydrogens (tertiary/aromatic N) is 5. The minimum Gasteiger partial charge on any atom is -0.363 e. The van der Waals surface area contributed by atoms with Crippen molar-refractivity contribution in [1.82, 2.24) is 25.1 Å². The van der Waals surface area contributed by atoms with Crippen LogP contribution in [0.4, 0.5) is 0 Å². The monoisotopic (exact) mass is 378 g/mol. The number of aromatic nitrogens is 4. The summed E-state index contributed by atoms with van der Waals surface area (Å²) in [6.07, 6.45) is 3.78. The fourth-order valence-corrected chi connectivity index (χ4v) is 4.24. The van der Waals surface area contributed by atoms with E-state index < -0.39 is 5.91 Å². The molecule has 1 saturated carbocycles. The minimum atomic E-state index is -0.578. The van der Waals surface area contributed by atoms with Crippen LogP contribution in [0.3, 0.4) is 0 Å². The quantitative estimate of drug-likeness (QED) is 0.730. The zero-order valence-corrected chi connectivity index (χ0v) is 15.7. The highest BCUT2D eigenvalue weighted by Gasteiger charge is 2.39. The van der Waals surface area contributed by atoms with Gasteiger partial charge in [-0.1, -0.05) is 40.7 Å². The van der Waals surface area contributed by atoms with Gasteiger partial charge in [0.15, 0.2) is 0 Å². The van der Waals surface area contributed by atoms with Gasteiger partial charge in [-0.2, -0.15) is 0 Å². The third-order valence-electron chi connectivity index (χ3n) is 5.90. The Labute approximate surface area is 162 Å². The number of nitrogens with two attached hydrogens (primary N) is 1. The van der Waals surface area contributed by atoms with E-state index in [1.165, 1.54) is 0 Å². The lowest BCUT2D eigenvalue weighted by molar-refractivity contribution is 0.0960. The van der Waals surface area contributed by atoms with Crippen molar-refractivity contribution in [3.63, 3.8) is 0 Å². The van der Waals surface area contributed by atoms with Gasteiger partial charge >= 0.3 is 0 Å². The van der Waals surface area contributed by atoms with E-state index in [4.69, 9.17) is 10.3 Å². The highest BCUT2D eigenvalue weighted by atomic mass is 16.5. The number of carbonyl (C=O) groups is 1. The largest absolute Gasteiger partial charge is 0.363 e. The molecule has 1 aliphatic heterocycles. The summed E-state index contributed by atoms with van der Waals surface area (Å²) in [4.78, 5) is 14.1. The molecule has 2 fully saturated rings. The smallest absolute Gasteiger partial charge is 0.287 e. The van der Waals surface area contributed by atoms with Gasteiger partial charge in [0.05, 0.1) is 11.7 Å². The summed E-state index contributed by atoms with van der Waals surface area (Å²) in [5.74, 6) is 0.236. The summed E-state index contributed by atoms with van der Waals surface area (Å²) in [5, 5.41) is 12.8. The second-order valence-corrected chi connectivity index (χ2v) is 7.87. The first-order valence-corrected chi connectivity index (χ1v) is 9.55. The number of carbonyl (C=O) groups excluding carboxylic acids is 1. The number of benzene rings is 1. The summed E-state index contributed by atoms with van der Waals surface area (Å²) in [7, 11) is 2.11. The third kappa shape index (κ3) is 2.80. The van der Waals surface area contributed by atoms with E-state index in [9.17, 15) is 4.79 Å². The molecule has 144 valence electrons. The molecule has 2 aromatic heterocycles. The van der Waals surface area contributed by atoms with Crippen molar-refractivity contribution < 1.29 is 9.32 Å². The van der Waals surface area contributed by atoms with Crippen molar-refractivity contribution in [3.05, 3.63) is 53.5 Å². The lowest BCUT2D eigenvalue weighted by atomic mass is 9.74. The highest BCUT2D eigenvalue weighted by Crippen LogP contribution is 2.48. The molecule has 2 N–H and O–H groups in total. The zero-order chi connectivity index (χ0) is 19.3. The topological polar surface area (TPSA) is 103 Å². The van der Waals surface area contributed by atoms with Crippen molar-refractivity contribution in [2.45, 2.75) is 30.7 Å². The summed E-state index contributed by atoms with van der Waals surface area (Å²) < 4.78 is 7.28. The van der Waals surface area contributed by atoms with Crippen LogP contribution in [0.2, 0.25) is 0 Å². The van der Waals surface area contributed by atoms with E-state index in [1.807, 2.05) is 35.0 Å². The molecular formula is C20H22N6O2. The standard InChI is InChI=1S/C20H22N6O2/c1-25-9-14(10-25)16-11-26(24-22-16)15-7-13(8-15)17-18(12-5-3-2-4-6-12)23-28-19(17)20(21)27/h2-6,11,13-15H,7-10H2,1H3,(H2,21,27). The summed E-state index contributed by atoms with van der Waals surface area (Å²) in [5.41, 5.74) is 9.04. The van der Waals surface area contributed by atoms with Crippen molar-refractivity contribution in [2.24, 2.45) is 5.73 Å². The molecule has 3 heterocycles. The van der Waals surface area contributed by atoms with Gasteiger partial charge in [-0.15, -0.1) is 5.10 Å². The molecule has 1 aliphatic carbocycles. The van der Waals surface area contributed by atoms with Crippen LogP contribution in [0.15, 0.2) is 41.1 Å². The molecule has 0 bridgehead atoms. The van der Waals surface area contributed by atoms with Gasteiger partial charge in [-0.25, -0.2) is 4.68 Å². The van der Waals surface area contributed by atoms with Crippen molar-refractivity contribution in [3.8, 4) is 11.3 Å². The maximum absolute atomic E-state index is 11.9. The van der Waals surface area contributed by atoms with E-state index in [1.54, 1.807) is 0 Å². The Morgan fingerprint density at radius 2 is 1.93 bits per heavy atom. The van der Waals surface area contributed by atoms with Gasteiger partial charge < -0.3 is 15.2 Å². The Bertz CT molecular complexity index is 999. The maximum Gasteiger partial charge on any atom is 0.287 e. The Morgan fingerprint density at radius 1 is 1.18 bits per heavy atom. The van der Waals surface area contributed by atoms with Gasteiger partial charge in [0.1, 0.15) is 5.69 Å². The molecule has 0 radical (unpaired) electrons. The Hall–Kier alpha value is -3.00. The van der Waals surface area contributed by atoms with Crippen LogP contribution in [0.1, 0.15) is 52.5 Å². The van der Waals surface area contributed by atoms with E-state index in [0.717, 1.165) is 42.8 Å². The number of amides is 1. The predicted octanol–water partition coefficient (Wildman–Crippen LogP) is 2.18. The van der Waals surface area contributed by atoms with Crippen molar-refractivity contribution in [2.75, 3.05) is 20.1 Å². The van der Waals surface area contributed by atoms with Gasteiger partial charge in [-0.05, 0) is 25.8 Å². The van der Waals surface area contributed by atoms with Crippen LogP contribution in [0, 0.1) is 0 Å². The van der Waals surface area contributed by atoms with Crippen LogP contribution >= 0.6 is 0 Å². The Morgan fingerprint density at radius 3 is 2.61 bits per heavy atom. The van der Waals surface area contributed by atoms with Gasteiger partial charge in [0.25, 0.3) is 5.91 Å². The molecule has 28 heavy (non-hydrogen) atoms. The number of likely N-dealkylation sites (N-methyl/N-ethyl adjacent to an activating group) is 1. The number of primary amides is 1. The van der Waals surface area contributed by atoms with E-state index in [0.29, 0.717) is 11.6 Å². The first-order valence-electron chi connectivity index (χ1n) is 9.55. The first kappa shape index (κ1) is 17.1. The Kier molecular flexibility index (Phi) is 4.01. The molecule has 0 spiro atoms. The molecule has 0 atom stereocenters. The van der Waals surface area contributed by atoms with Crippen molar-refractivity contribution in [1.29, 1.82) is 0 Å². The van der Waals surface area contributed by atoms with E-state index in [2.05, 4.69) is 33.6 Å². The fourth-order valence-electron chi connectivity index (χ4n) is 4.24. The molecule has 1 amide bonds. The van der Waals surface area contributed by atoms with Crippen LogP contribution in [0.5, 0.6) is 0 Å². The molecular weight excluding hydrogens is 356 g/mol. The van der Waals surface area contributed by atoms with Gasteiger partial charge in [0.2, 0.25) is 5.76 Å². The van der Waals surface area contributed by atoms with Crippen molar-refractivity contribution >= 4 is 5.91 Å². The highest BCUT2D eigenvalue weighted by molar-refractivity contribution is 5.93. The molecule has 1 aromatic carbocycles. The SMILES string of the molecule is CN1CC(c2cn(C3CC(c4c(-c5ccccc5)noc4C(N)=O)C3)nn2)C1. The number of hydrogen-bond donors (Lipinski definition) is 1. The number of rotatable bonds is 5. The second-order valence-electron chi connectivity index (χ2n) is 7.87. The summed E-state index contributed by atoms with van der Waals surface area (Å²) >= 11 is 0. The molecule has 1 saturated heterocycles. The predicted molar refractivity (Wildman–Crippen MR) is 102 cm³/mol. The van der Waals surface area contributed by atoms with E-state index >= 15 is 0 Å². The first-order chi connectivity index (χ1) is 13.6. The van der Waals surface area contributed by atoms with Crippen LogP contribution in [0.25, 0.3) is 11.3 Å². The fraction of sp³-hybridized carbons (Fsp3) is 0.400. The summed E-state index contributed by atoms with van der Waals surface area (Å²) in [6.45, 7) is 2.07. The van der Waals surface area contributed by atoms with E-state index in [-0.39, 0.29) is 17.7 Å². The summed E-state index contributed by atoms with van der Waals surface area (Å²) in [6, 6.07) is 10.0. The van der Waals surface area contributed by atoms with Crippen LogP contribution in [-0.2, 0) is 0 Å². The lowest BCUT2D eigenvalue weighted by Crippen LogP contribution is -2.41. The molecule has 3 aromatic rings. The van der Waals surface area contributed by atoms with Crippen LogP contribution < -0.4 is 5.73 Å². The normalized spacial score (nSPS) is 22.6. The minimum absolute atomic E-state index is 0.163. The average Bonchev–Trinajstić information content (AvgIpc) is 3.26. The third-order valence-corrected chi connectivity index (χ3v) is 5.90. The van der Waals surface area contributed by atoms with Crippen LogP contribution in [-0.4, -0.2) is 51.1 Å². The second kappa shape index (κ2) is 6.56. The molecule has 8 nitrogen and oxygen atoms in total. The molecule has 0 unspecified atom stereocenters. The maximum atomic E-state index is 11.9. The molecule has 5 rings (SSSR count). The number of hydrogen-bond acceptors (Lipinski definition) is 6. The zero-order valence-electron chi connectivity index (χ0n) is 15.7. The number of likely N-dealkylation sites (tertiary alicyclic amines) is 1. The average molecular weight is 378 g/mol. The van der Waals surface area contributed by atoms with Gasteiger partial charge in [0, 0.05) is 36.3 Å². The molecule has 2 aliphatic rings. The molecule has 8 heteroatoms. The Balaban J connectivity index is 1.36.